The van der Waals surface area contributed by atoms with Crippen LogP contribution in [-0.4, -0.2) is 13.0 Å². The number of carbonyl (C=O) groups excluding carboxylic acids is 1. The zero-order valence-corrected chi connectivity index (χ0v) is 13.1. The van der Waals surface area contributed by atoms with Gasteiger partial charge in [-0.2, -0.15) is 0 Å². The van der Waals surface area contributed by atoms with E-state index in [1.54, 1.807) is 19.2 Å². The molecule has 0 aliphatic carbocycles. The highest BCUT2D eigenvalue weighted by atomic mass is 35.5. The summed E-state index contributed by atoms with van der Waals surface area (Å²) in [7, 11) is 1.60. The van der Waals surface area contributed by atoms with Crippen molar-refractivity contribution in [3.05, 3.63) is 64.2 Å². The summed E-state index contributed by atoms with van der Waals surface area (Å²) in [6.45, 7) is 3.88. The smallest absolute Gasteiger partial charge is 0.251 e. The van der Waals surface area contributed by atoms with Crippen LogP contribution < -0.4 is 10.1 Å². The van der Waals surface area contributed by atoms with Gasteiger partial charge in [-0.25, -0.2) is 0 Å². The van der Waals surface area contributed by atoms with Crippen molar-refractivity contribution in [3.8, 4) is 5.75 Å². The fraction of sp³-hybridized carbons (Fsp3) is 0.235. The lowest BCUT2D eigenvalue weighted by Crippen LogP contribution is -2.26. The second-order valence-corrected chi connectivity index (χ2v) is 5.37. The Hall–Kier alpha value is -2.00. The molecule has 0 heterocycles. The molecule has 0 spiro atoms. The molecule has 0 aliphatic rings. The Labute approximate surface area is 129 Å². The summed E-state index contributed by atoms with van der Waals surface area (Å²) in [6, 6.07) is 12.8. The summed E-state index contributed by atoms with van der Waals surface area (Å²) in [5, 5.41) is 3.65. The first kappa shape index (κ1) is 15.4. The first-order chi connectivity index (χ1) is 10.0. The standard InChI is InChI=1S/C17H18ClNO2/c1-11-4-5-14(10-16(11)21-3)17(20)19-12(2)13-6-8-15(18)9-7-13/h4-10,12H,1-3H3,(H,19,20). The van der Waals surface area contributed by atoms with Crippen LogP contribution in [0, 0.1) is 6.92 Å². The van der Waals surface area contributed by atoms with Crippen molar-refractivity contribution in [1.29, 1.82) is 0 Å². The van der Waals surface area contributed by atoms with Crippen LogP contribution in [0.3, 0.4) is 0 Å². The highest BCUT2D eigenvalue weighted by Gasteiger charge is 2.12. The van der Waals surface area contributed by atoms with Gasteiger partial charge in [0.2, 0.25) is 0 Å². The monoisotopic (exact) mass is 303 g/mol. The van der Waals surface area contributed by atoms with Gasteiger partial charge >= 0.3 is 0 Å². The molecule has 2 aromatic rings. The molecule has 110 valence electrons. The minimum atomic E-state index is -0.129. The van der Waals surface area contributed by atoms with Crippen LogP contribution in [0.4, 0.5) is 0 Å². The third kappa shape index (κ3) is 3.76. The van der Waals surface area contributed by atoms with Gasteiger partial charge in [0, 0.05) is 10.6 Å². The van der Waals surface area contributed by atoms with E-state index >= 15 is 0 Å². The van der Waals surface area contributed by atoms with Crippen LogP contribution in [0.5, 0.6) is 5.75 Å². The van der Waals surface area contributed by atoms with E-state index in [2.05, 4.69) is 5.32 Å². The summed E-state index contributed by atoms with van der Waals surface area (Å²) in [6.07, 6.45) is 0. The van der Waals surface area contributed by atoms with E-state index in [4.69, 9.17) is 16.3 Å². The Morgan fingerprint density at radius 3 is 2.48 bits per heavy atom. The minimum Gasteiger partial charge on any atom is -0.496 e. The van der Waals surface area contributed by atoms with Crippen molar-refractivity contribution >= 4 is 17.5 Å². The van der Waals surface area contributed by atoms with Crippen molar-refractivity contribution in [2.45, 2.75) is 19.9 Å². The van der Waals surface area contributed by atoms with Gasteiger partial charge in [-0.15, -0.1) is 0 Å². The molecule has 0 aliphatic heterocycles. The highest BCUT2D eigenvalue weighted by molar-refractivity contribution is 6.30. The number of halogens is 1. The SMILES string of the molecule is COc1cc(C(=O)NC(C)c2ccc(Cl)cc2)ccc1C. The Morgan fingerprint density at radius 1 is 1.19 bits per heavy atom. The van der Waals surface area contributed by atoms with E-state index in [1.165, 1.54) is 0 Å². The minimum absolute atomic E-state index is 0.0953. The van der Waals surface area contributed by atoms with Crippen LogP contribution in [0.25, 0.3) is 0 Å². The van der Waals surface area contributed by atoms with Gasteiger partial charge in [0.05, 0.1) is 13.2 Å². The molecule has 0 aromatic heterocycles. The summed E-state index contributed by atoms with van der Waals surface area (Å²) < 4.78 is 5.24. The van der Waals surface area contributed by atoms with E-state index in [9.17, 15) is 4.79 Å². The molecule has 0 fully saturated rings. The summed E-state index contributed by atoms with van der Waals surface area (Å²) in [4.78, 5) is 12.3. The third-order valence-electron chi connectivity index (χ3n) is 3.39. The predicted molar refractivity (Wildman–Crippen MR) is 85.1 cm³/mol. The highest BCUT2D eigenvalue weighted by Crippen LogP contribution is 2.20. The Balaban J connectivity index is 2.12. The van der Waals surface area contributed by atoms with Crippen molar-refractivity contribution in [1.82, 2.24) is 5.32 Å². The molecule has 0 saturated heterocycles. The molecule has 0 bridgehead atoms. The molecule has 0 radical (unpaired) electrons. The topological polar surface area (TPSA) is 38.3 Å². The maximum atomic E-state index is 12.3. The molecule has 3 nitrogen and oxygen atoms in total. The molecule has 1 N–H and O–H groups in total. The molecule has 2 aromatic carbocycles. The second-order valence-electron chi connectivity index (χ2n) is 4.93. The van der Waals surface area contributed by atoms with E-state index < -0.39 is 0 Å². The van der Waals surface area contributed by atoms with Crippen LogP contribution in [0.15, 0.2) is 42.5 Å². The normalized spacial score (nSPS) is 11.8. The van der Waals surface area contributed by atoms with Gasteiger partial charge < -0.3 is 10.1 Å². The Bertz CT molecular complexity index is 638. The number of hydrogen-bond donors (Lipinski definition) is 1. The molecule has 2 rings (SSSR count). The molecule has 1 amide bonds. The maximum absolute atomic E-state index is 12.3. The van der Waals surface area contributed by atoms with Crippen LogP contribution in [0.1, 0.15) is 34.5 Å². The van der Waals surface area contributed by atoms with E-state index in [0.29, 0.717) is 16.3 Å². The van der Waals surface area contributed by atoms with Gasteiger partial charge in [0.1, 0.15) is 5.75 Å². The second kappa shape index (κ2) is 6.64. The molecule has 4 heteroatoms. The fourth-order valence-electron chi connectivity index (χ4n) is 2.08. The van der Waals surface area contributed by atoms with Crippen molar-refractivity contribution in [2.75, 3.05) is 7.11 Å². The quantitative estimate of drug-likeness (QED) is 0.921. The number of methoxy groups -OCH3 is 1. The molecular formula is C17H18ClNO2. The number of aryl methyl sites for hydroxylation is 1. The summed E-state index contributed by atoms with van der Waals surface area (Å²) >= 11 is 5.86. The zero-order chi connectivity index (χ0) is 15.4. The van der Waals surface area contributed by atoms with Crippen molar-refractivity contribution in [2.24, 2.45) is 0 Å². The van der Waals surface area contributed by atoms with Gasteiger partial charge in [-0.05, 0) is 49.2 Å². The number of hydrogen-bond acceptors (Lipinski definition) is 2. The van der Waals surface area contributed by atoms with Crippen LogP contribution >= 0.6 is 11.6 Å². The first-order valence-corrected chi connectivity index (χ1v) is 7.10. The lowest BCUT2D eigenvalue weighted by atomic mass is 10.1. The fourth-order valence-corrected chi connectivity index (χ4v) is 2.20. The number of ether oxygens (including phenoxy) is 1. The summed E-state index contributed by atoms with van der Waals surface area (Å²) in [5.74, 6) is 0.581. The molecule has 21 heavy (non-hydrogen) atoms. The largest absolute Gasteiger partial charge is 0.496 e. The zero-order valence-electron chi connectivity index (χ0n) is 12.3. The molecular weight excluding hydrogens is 286 g/mol. The average molecular weight is 304 g/mol. The third-order valence-corrected chi connectivity index (χ3v) is 3.64. The lowest BCUT2D eigenvalue weighted by Gasteiger charge is -2.15. The summed E-state index contributed by atoms with van der Waals surface area (Å²) in [5.41, 5.74) is 2.59. The van der Waals surface area contributed by atoms with Gasteiger partial charge in [-0.3, -0.25) is 4.79 Å². The first-order valence-electron chi connectivity index (χ1n) is 6.72. The number of nitrogens with one attached hydrogen (secondary N) is 1. The van der Waals surface area contributed by atoms with Gasteiger partial charge in [0.25, 0.3) is 5.91 Å². The number of rotatable bonds is 4. The Morgan fingerprint density at radius 2 is 1.86 bits per heavy atom. The maximum Gasteiger partial charge on any atom is 0.251 e. The van der Waals surface area contributed by atoms with E-state index in [1.807, 2.05) is 44.2 Å². The molecule has 0 saturated carbocycles. The van der Waals surface area contributed by atoms with Gasteiger partial charge in [-0.1, -0.05) is 29.8 Å². The molecule has 1 unspecified atom stereocenters. The van der Waals surface area contributed by atoms with Gasteiger partial charge in [0.15, 0.2) is 0 Å². The number of benzene rings is 2. The van der Waals surface area contributed by atoms with Crippen molar-refractivity contribution < 1.29 is 9.53 Å². The van der Waals surface area contributed by atoms with Crippen LogP contribution in [-0.2, 0) is 0 Å². The average Bonchev–Trinajstić information content (AvgIpc) is 2.48. The van der Waals surface area contributed by atoms with Crippen LogP contribution in [0.2, 0.25) is 5.02 Å². The van der Waals surface area contributed by atoms with E-state index in [0.717, 1.165) is 11.1 Å². The number of amides is 1. The van der Waals surface area contributed by atoms with E-state index in [-0.39, 0.29) is 11.9 Å². The van der Waals surface area contributed by atoms with Crippen molar-refractivity contribution in [3.63, 3.8) is 0 Å². The number of carbonyl (C=O) groups is 1. The Kier molecular flexibility index (Phi) is 4.86. The predicted octanol–water partition coefficient (Wildman–Crippen LogP) is 4.15. The molecule has 1 atom stereocenters. The lowest BCUT2D eigenvalue weighted by molar-refractivity contribution is 0.0939.